The van der Waals surface area contributed by atoms with Gasteiger partial charge in [-0.3, -0.25) is 9.97 Å². The van der Waals surface area contributed by atoms with Gasteiger partial charge in [-0.15, -0.1) is 0 Å². The molecule has 0 aliphatic carbocycles. The maximum absolute atomic E-state index is 6.17. The standard InChI is InChI=1S/C15H16ClN3/c16-13-4-2-1-3-12(13)15-10-18-14(9-19-15)11-5-7-17-8-6-11/h1-4,9-11,17H,5-8H2. The Morgan fingerprint density at radius 1 is 1.05 bits per heavy atom. The summed E-state index contributed by atoms with van der Waals surface area (Å²) in [5, 5.41) is 4.08. The van der Waals surface area contributed by atoms with Crippen molar-refractivity contribution in [2.24, 2.45) is 0 Å². The predicted molar refractivity (Wildman–Crippen MR) is 77.3 cm³/mol. The molecular weight excluding hydrogens is 258 g/mol. The molecule has 0 bridgehead atoms. The van der Waals surface area contributed by atoms with Gasteiger partial charge in [-0.05, 0) is 32.0 Å². The highest BCUT2D eigenvalue weighted by atomic mass is 35.5. The van der Waals surface area contributed by atoms with Gasteiger partial charge in [-0.2, -0.15) is 0 Å². The normalized spacial score (nSPS) is 16.5. The first kappa shape index (κ1) is 12.6. The second-order valence-electron chi connectivity index (χ2n) is 4.83. The van der Waals surface area contributed by atoms with E-state index in [4.69, 9.17) is 11.6 Å². The lowest BCUT2D eigenvalue weighted by Gasteiger charge is -2.21. The van der Waals surface area contributed by atoms with Gasteiger partial charge in [-0.1, -0.05) is 29.8 Å². The lowest BCUT2D eigenvalue weighted by atomic mass is 9.95. The smallest absolute Gasteiger partial charge is 0.0900 e. The molecule has 1 aromatic carbocycles. The molecule has 1 aromatic heterocycles. The first-order valence-electron chi connectivity index (χ1n) is 6.62. The van der Waals surface area contributed by atoms with Crippen molar-refractivity contribution < 1.29 is 0 Å². The molecule has 2 aromatic rings. The summed E-state index contributed by atoms with van der Waals surface area (Å²) >= 11 is 6.17. The van der Waals surface area contributed by atoms with Crippen molar-refractivity contribution in [1.29, 1.82) is 0 Å². The van der Waals surface area contributed by atoms with E-state index in [-0.39, 0.29) is 0 Å². The maximum atomic E-state index is 6.17. The Labute approximate surface area is 118 Å². The highest BCUT2D eigenvalue weighted by molar-refractivity contribution is 6.33. The van der Waals surface area contributed by atoms with Crippen LogP contribution in [0.1, 0.15) is 24.5 Å². The van der Waals surface area contributed by atoms with E-state index in [0.29, 0.717) is 10.9 Å². The van der Waals surface area contributed by atoms with Gasteiger partial charge in [0.05, 0.1) is 22.6 Å². The third-order valence-electron chi connectivity index (χ3n) is 3.58. The fraction of sp³-hybridized carbons (Fsp3) is 0.333. The van der Waals surface area contributed by atoms with E-state index in [1.54, 1.807) is 0 Å². The van der Waals surface area contributed by atoms with Gasteiger partial charge < -0.3 is 5.32 Å². The van der Waals surface area contributed by atoms with Crippen LogP contribution < -0.4 is 5.32 Å². The monoisotopic (exact) mass is 273 g/mol. The van der Waals surface area contributed by atoms with Crippen molar-refractivity contribution in [3.63, 3.8) is 0 Å². The average molecular weight is 274 g/mol. The summed E-state index contributed by atoms with van der Waals surface area (Å²) < 4.78 is 0. The maximum Gasteiger partial charge on any atom is 0.0900 e. The van der Waals surface area contributed by atoms with Crippen molar-refractivity contribution in [2.45, 2.75) is 18.8 Å². The van der Waals surface area contributed by atoms with Crippen LogP contribution in [-0.4, -0.2) is 23.1 Å². The van der Waals surface area contributed by atoms with Gasteiger partial charge >= 0.3 is 0 Å². The molecule has 1 saturated heterocycles. The molecule has 0 spiro atoms. The van der Waals surface area contributed by atoms with Crippen molar-refractivity contribution >= 4 is 11.6 Å². The summed E-state index contributed by atoms with van der Waals surface area (Å²) in [4.78, 5) is 9.09. The Balaban J connectivity index is 1.84. The Morgan fingerprint density at radius 3 is 2.53 bits per heavy atom. The summed E-state index contributed by atoms with van der Waals surface area (Å²) in [6.07, 6.45) is 6.01. The summed E-state index contributed by atoms with van der Waals surface area (Å²) in [6.45, 7) is 2.14. The zero-order chi connectivity index (χ0) is 13.1. The van der Waals surface area contributed by atoms with E-state index >= 15 is 0 Å². The molecule has 19 heavy (non-hydrogen) atoms. The Morgan fingerprint density at radius 2 is 1.84 bits per heavy atom. The Bertz CT molecular complexity index is 548. The Hall–Kier alpha value is -1.45. The number of hydrogen-bond donors (Lipinski definition) is 1. The fourth-order valence-electron chi connectivity index (χ4n) is 2.47. The van der Waals surface area contributed by atoms with E-state index in [2.05, 4.69) is 15.3 Å². The third-order valence-corrected chi connectivity index (χ3v) is 3.91. The molecule has 4 heteroatoms. The molecule has 1 aliphatic heterocycles. The van der Waals surface area contributed by atoms with E-state index in [1.807, 2.05) is 36.7 Å². The number of hydrogen-bond acceptors (Lipinski definition) is 3. The number of halogens is 1. The molecular formula is C15H16ClN3. The zero-order valence-corrected chi connectivity index (χ0v) is 11.4. The van der Waals surface area contributed by atoms with Gasteiger partial charge in [0.25, 0.3) is 0 Å². The summed E-state index contributed by atoms with van der Waals surface area (Å²) in [6, 6.07) is 7.72. The van der Waals surface area contributed by atoms with Crippen LogP contribution in [0.25, 0.3) is 11.3 Å². The SMILES string of the molecule is Clc1ccccc1-c1cnc(C2CCNCC2)cn1. The first-order valence-corrected chi connectivity index (χ1v) is 7.00. The summed E-state index contributed by atoms with van der Waals surface area (Å²) in [7, 11) is 0. The highest BCUT2D eigenvalue weighted by Gasteiger charge is 2.16. The summed E-state index contributed by atoms with van der Waals surface area (Å²) in [5.74, 6) is 0.536. The largest absolute Gasteiger partial charge is 0.317 e. The fourth-order valence-corrected chi connectivity index (χ4v) is 2.71. The van der Waals surface area contributed by atoms with Gasteiger partial charge in [0, 0.05) is 17.7 Å². The molecule has 3 rings (SSSR count). The van der Waals surface area contributed by atoms with Crippen LogP contribution in [0.2, 0.25) is 5.02 Å². The number of aromatic nitrogens is 2. The minimum atomic E-state index is 0.536. The average Bonchev–Trinajstić information content (AvgIpc) is 2.49. The van der Waals surface area contributed by atoms with Crippen molar-refractivity contribution in [3.8, 4) is 11.3 Å². The molecule has 3 nitrogen and oxygen atoms in total. The summed E-state index contributed by atoms with van der Waals surface area (Å²) in [5.41, 5.74) is 2.87. The molecule has 0 radical (unpaired) electrons. The molecule has 1 aliphatic rings. The van der Waals surface area contributed by atoms with Crippen molar-refractivity contribution in [2.75, 3.05) is 13.1 Å². The van der Waals surface area contributed by atoms with Gasteiger partial charge in [0.2, 0.25) is 0 Å². The van der Waals surface area contributed by atoms with E-state index in [9.17, 15) is 0 Å². The van der Waals surface area contributed by atoms with Crippen molar-refractivity contribution in [3.05, 3.63) is 47.4 Å². The number of rotatable bonds is 2. The zero-order valence-electron chi connectivity index (χ0n) is 10.6. The van der Waals surface area contributed by atoms with Crippen LogP contribution in [0.4, 0.5) is 0 Å². The first-order chi connectivity index (χ1) is 9.34. The number of benzene rings is 1. The number of nitrogens with one attached hydrogen (secondary N) is 1. The quantitative estimate of drug-likeness (QED) is 0.913. The molecule has 0 amide bonds. The van der Waals surface area contributed by atoms with E-state index < -0.39 is 0 Å². The molecule has 1 fully saturated rings. The van der Waals surface area contributed by atoms with Crippen LogP contribution in [0.15, 0.2) is 36.7 Å². The lowest BCUT2D eigenvalue weighted by molar-refractivity contribution is 0.452. The minimum absolute atomic E-state index is 0.536. The molecule has 0 unspecified atom stereocenters. The third kappa shape index (κ3) is 2.77. The molecule has 0 atom stereocenters. The van der Waals surface area contributed by atoms with Crippen LogP contribution in [-0.2, 0) is 0 Å². The van der Waals surface area contributed by atoms with E-state index in [0.717, 1.165) is 42.9 Å². The second kappa shape index (κ2) is 5.68. The second-order valence-corrected chi connectivity index (χ2v) is 5.24. The van der Waals surface area contributed by atoms with Crippen LogP contribution >= 0.6 is 11.6 Å². The van der Waals surface area contributed by atoms with Gasteiger partial charge in [0.1, 0.15) is 0 Å². The number of piperidine rings is 1. The lowest BCUT2D eigenvalue weighted by Crippen LogP contribution is -2.27. The van der Waals surface area contributed by atoms with E-state index in [1.165, 1.54) is 0 Å². The molecule has 0 saturated carbocycles. The van der Waals surface area contributed by atoms with Gasteiger partial charge in [0.15, 0.2) is 0 Å². The van der Waals surface area contributed by atoms with Crippen LogP contribution in [0.5, 0.6) is 0 Å². The Kier molecular flexibility index (Phi) is 3.76. The molecule has 2 heterocycles. The molecule has 1 N–H and O–H groups in total. The van der Waals surface area contributed by atoms with Crippen molar-refractivity contribution in [1.82, 2.24) is 15.3 Å². The molecule has 98 valence electrons. The topological polar surface area (TPSA) is 37.8 Å². The predicted octanol–water partition coefficient (Wildman–Crippen LogP) is 3.26. The van der Waals surface area contributed by atoms with Crippen LogP contribution in [0.3, 0.4) is 0 Å². The van der Waals surface area contributed by atoms with Crippen LogP contribution in [0, 0.1) is 0 Å². The van der Waals surface area contributed by atoms with Gasteiger partial charge in [-0.25, -0.2) is 0 Å². The highest BCUT2D eigenvalue weighted by Crippen LogP contribution is 2.27. The minimum Gasteiger partial charge on any atom is -0.317 e. The number of nitrogens with zero attached hydrogens (tertiary/aromatic N) is 2.